The summed E-state index contributed by atoms with van der Waals surface area (Å²) in [6.45, 7) is 0. The summed E-state index contributed by atoms with van der Waals surface area (Å²) in [5.74, 6) is 0. The van der Waals surface area contributed by atoms with Gasteiger partial charge in [-0.05, 0) is 104 Å². The normalized spacial score (nSPS) is 12.9. The zero-order valence-electron chi connectivity index (χ0n) is 34.1. The van der Waals surface area contributed by atoms with Gasteiger partial charge in [0, 0.05) is 56.6 Å². The van der Waals surface area contributed by atoms with Gasteiger partial charge >= 0.3 is 0 Å². The number of pyridine rings is 4. The Balaban J connectivity index is 0.945. The highest BCUT2D eigenvalue weighted by Crippen LogP contribution is 2.57. The molecule has 1 aliphatic carbocycles. The number of hydrogen-bond donors (Lipinski definition) is 0. The highest BCUT2D eigenvalue weighted by molar-refractivity contribution is 6.14. The van der Waals surface area contributed by atoms with E-state index in [1.54, 1.807) is 0 Å². The number of benzene rings is 8. The quantitative estimate of drug-likeness (QED) is 0.163. The monoisotopic (exact) mass is 800 g/mol. The number of nitrogens with zero attached hydrogens (tertiary/aromatic N) is 4. The lowest BCUT2D eigenvalue weighted by Crippen LogP contribution is -2.28. The van der Waals surface area contributed by atoms with Crippen LogP contribution in [0.25, 0.3) is 99.0 Å². The zero-order chi connectivity index (χ0) is 41.5. The van der Waals surface area contributed by atoms with Crippen molar-refractivity contribution in [1.29, 1.82) is 0 Å². The van der Waals surface area contributed by atoms with Crippen LogP contribution >= 0.6 is 0 Å². The van der Waals surface area contributed by atoms with E-state index in [0.29, 0.717) is 0 Å². The highest BCUT2D eigenvalue weighted by Gasteiger charge is 2.46. The maximum atomic E-state index is 5.41. The van der Waals surface area contributed by atoms with Gasteiger partial charge in [-0.15, -0.1) is 0 Å². The Hall–Kier alpha value is -8.34. The van der Waals surface area contributed by atoms with E-state index in [1.807, 2.05) is 24.7 Å². The van der Waals surface area contributed by atoms with Crippen molar-refractivity contribution in [2.45, 2.75) is 5.41 Å². The third-order valence-electron chi connectivity index (χ3n) is 13.2. The third kappa shape index (κ3) is 5.35. The fourth-order valence-corrected chi connectivity index (χ4v) is 10.4. The second kappa shape index (κ2) is 13.8. The van der Waals surface area contributed by atoms with Crippen LogP contribution in [0.1, 0.15) is 22.3 Å². The van der Waals surface area contributed by atoms with Gasteiger partial charge in [0.25, 0.3) is 0 Å². The Morgan fingerprint density at radius 2 is 1.05 bits per heavy atom. The zero-order valence-corrected chi connectivity index (χ0v) is 34.1. The van der Waals surface area contributed by atoms with E-state index < -0.39 is 5.41 Å². The topological polar surface area (TPSA) is 51.6 Å². The second-order valence-corrected chi connectivity index (χ2v) is 16.6. The van der Waals surface area contributed by atoms with Gasteiger partial charge in [-0.2, -0.15) is 0 Å². The Bertz CT molecular complexity index is 3750. The minimum atomic E-state index is -0.484. The van der Waals surface area contributed by atoms with Gasteiger partial charge in [-0.25, -0.2) is 4.98 Å². The Labute approximate surface area is 363 Å². The average Bonchev–Trinajstić information content (AvgIpc) is 3.65. The molecule has 0 amide bonds. The van der Waals surface area contributed by atoms with Crippen molar-refractivity contribution in [2.75, 3.05) is 0 Å². The van der Waals surface area contributed by atoms with E-state index >= 15 is 0 Å². The Morgan fingerprint density at radius 3 is 1.89 bits per heavy atom. The molecule has 0 bridgehead atoms. The predicted molar refractivity (Wildman–Crippen MR) is 259 cm³/mol. The summed E-state index contributed by atoms with van der Waals surface area (Å²) in [6, 6.07) is 72.4. The summed E-state index contributed by atoms with van der Waals surface area (Å²) in [5, 5.41) is 6.73. The first-order valence-electron chi connectivity index (χ1n) is 21.4. The van der Waals surface area contributed by atoms with Gasteiger partial charge in [-0.3, -0.25) is 15.0 Å². The molecule has 4 aromatic heterocycles. The van der Waals surface area contributed by atoms with Crippen molar-refractivity contribution in [2.24, 2.45) is 0 Å². The van der Waals surface area contributed by atoms with Crippen LogP contribution in [0.4, 0.5) is 0 Å². The van der Waals surface area contributed by atoms with Crippen molar-refractivity contribution >= 4 is 54.4 Å². The molecular weight excluding hydrogens is 765 g/mol. The smallest absolute Gasteiger partial charge is 0.0970 e. The lowest BCUT2D eigenvalue weighted by molar-refractivity contribution is 0.769. The molecule has 0 N–H and O–H groups in total. The van der Waals surface area contributed by atoms with E-state index in [0.717, 1.165) is 82.5 Å². The number of rotatable bonds is 5. The number of aromatic nitrogens is 4. The molecule has 63 heavy (non-hydrogen) atoms. The fourth-order valence-electron chi connectivity index (χ4n) is 10.4. The molecule has 4 heteroatoms. The standard InChI is InChI=1S/C59H36N4/c1-3-13-43(14-4-1)59(44-15-5-2-6-16-44)52-19-9-7-17-46(52)50-34-51-49(35-53(50)59)47-18-8-10-20-55(47)63-56(51)39-23-21-37(22-24-39)42-33-41-32-40(26-28-54(41)62-36-42)45-29-31-61-58-48(45)27-25-38-12-11-30-60-57(38)58/h1-36H. The van der Waals surface area contributed by atoms with E-state index in [-0.39, 0.29) is 0 Å². The Morgan fingerprint density at radius 1 is 0.333 bits per heavy atom. The molecule has 0 aliphatic heterocycles. The van der Waals surface area contributed by atoms with Crippen molar-refractivity contribution in [3.8, 4) is 44.6 Å². The SMILES string of the molecule is c1ccc(C2(c3ccccc3)c3ccccc3-c3cc4c(-c5ccc(-c6cnc7ccc(-c8ccnc9c8ccc8cccnc89)cc7c6)cc5)nc5ccccc5c4cc32)cc1. The molecule has 1 aliphatic rings. The van der Waals surface area contributed by atoms with Crippen molar-refractivity contribution in [3.63, 3.8) is 0 Å². The lowest BCUT2D eigenvalue weighted by atomic mass is 9.67. The van der Waals surface area contributed by atoms with Crippen LogP contribution in [0.5, 0.6) is 0 Å². The molecule has 0 atom stereocenters. The first-order valence-corrected chi connectivity index (χ1v) is 21.4. The molecule has 0 saturated carbocycles. The molecule has 0 spiro atoms. The molecule has 8 aromatic carbocycles. The van der Waals surface area contributed by atoms with Crippen LogP contribution in [0.2, 0.25) is 0 Å². The van der Waals surface area contributed by atoms with Gasteiger partial charge in [-0.1, -0.05) is 152 Å². The first-order chi connectivity index (χ1) is 31.2. The summed E-state index contributed by atoms with van der Waals surface area (Å²) in [6.07, 6.45) is 5.69. The number of hydrogen-bond acceptors (Lipinski definition) is 4. The van der Waals surface area contributed by atoms with Gasteiger partial charge in [0.1, 0.15) is 0 Å². The molecule has 0 unspecified atom stereocenters. The molecule has 0 saturated heterocycles. The third-order valence-corrected chi connectivity index (χ3v) is 13.2. The number of fused-ring (bicyclic) bond motifs is 10. The van der Waals surface area contributed by atoms with Gasteiger partial charge in [0.2, 0.25) is 0 Å². The Kier molecular flexibility index (Phi) is 7.79. The van der Waals surface area contributed by atoms with E-state index in [4.69, 9.17) is 15.0 Å². The van der Waals surface area contributed by atoms with Crippen molar-refractivity contribution in [3.05, 3.63) is 241 Å². The minimum absolute atomic E-state index is 0.484. The maximum absolute atomic E-state index is 5.41. The first kappa shape index (κ1) is 35.4. The summed E-state index contributed by atoms with van der Waals surface area (Å²) in [5.41, 5.74) is 17.3. The van der Waals surface area contributed by atoms with Crippen LogP contribution in [-0.2, 0) is 5.41 Å². The summed E-state index contributed by atoms with van der Waals surface area (Å²) in [4.78, 5) is 19.7. The average molecular weight is 801 g/mol. The number of para-hydroxylation sites is 1. The van der Waals surface area contributed by atoms with Gasteiger partial charge in [0.15, 0.2) is 0 Å². The lowest BCUT2D eigenvalue weighted by Gasteiger charge is -2.34. The maximum Gasteiger partial charge on any atom is 0.0970 e. The predicted octanol–water partition coefficient (Wildman–Crippen LogP) is 14.4. The van der Waals surface area contributed by atoms with E-state index in [9.17, 15) is 0 Å². The van der Waals surface area contributed by atoms with Crippen LogP contribution in [0.15, 0.2) is 219 Å². The summed E-state index contributed by atoms with van der Waals surface area (Å²) < 4.78 is 0. The van der Waals surface area contributed by atoms with Crippen LogP contribution in [0, 0.1) is 0 Å². The largest absolute Gasteiger partial charge is 0.256 e. The van der Waals surface area contributed by atoms with Crippen LogP contribution in [0.3, 0.4) is 0 Å². The molecule has 4 nitrogen and oxygen atoms in total. The molecule has 0 radical (unpaired) electrons. The molecule has 12 aromatic rings. The van der Waals surface area contributed by atoms with E-state index in [2.05, 4.69) is 199 Å². The van der Waals surface area contributed by atoms with Crippen LogP contribution < -0.4 is 0 Å². The fraction of sp³-hybridized carbons (Fsp3) is 0.0169. The van der Waals surface area contributed by atoms with E-state index in [1.165, 1.54) is 38.8 Å². The molecule has 0 fully saturated rings. The summed E-state index contributed by atoms with van der Waals surface area (Å²) >= 11 is 0. The molecular formula is C59H36N4. The van der Waals surface area contributed by atoms with Gasteiger partial charge in [0.05, 0.1) is 33.2 Å². The van der Waals surface area contributed by atoms with Crippen molar-refractivity contribution < 1.29 is 0 Å². The molecule has 13 rings (SSSR count). The highest BCUT2D eigenvalue weighted by atomic mass is 14.7. The minimum Gasteiger partial charge on any atom is -0.256 e. The molecule has 4 heterocycles. The van der Waals surface area contributed by atoms with Gasteiger partial charge < -0.3 is 0 Å². The molecule has 292 valence electrons. The summed E-state index contributed by atoms with van der Waals surface area (Å²) in [7, 11) is 0. The second-order valence-electron chi connectivity index (χ2n) is 16.6. The van der Waals surface area contributed by atoms with Crippen molar-refractivity contribution in [1.82, 2.24) is 19.9 Å². The van der Waals surface area contributed by atoms with Crippen LogP contribution in [-0.4, -0.2) is 19.9 Å².